The van der Waals surface area contributed by atoms with Crippen LogP contribution < -0.4 is 5.32 Å². The summed E-state index contributed by atoms with van der Waals surface area (Å²) in [6.45, 7) is 8.52. The molecule has 1 aromatic rings. The second-order valence-electron chi connectivity index (χ2n) is 6.38. The first-order chi connectivity index (χ1) is 8.77. The summed E-state index contributed by atoms with van der Waals surface area (Å²) in [5.74, 6) is 0. The summed E-state index contributed by atoms with van der Waals surface area (Å²) < 4.78 is 0. The fourth-order valence-corrected chi connectivity index (χ4v) is 2.43. The van der Waals surface area contributed by atoms with Gasteiger partial charge in [-0.2, -0.15) is 0 Å². The van der Waals surface area contributed by atoms with Crippen LogP contribution in [0.2, 0.25) is 0 Å². The molecule has 19 heavy (non-hydrogen) atoms. The van der Waals surface area contributed by atoms with E-state index in [0.717, 1.165) is 23.4 Å². The van der Waals surface area contributed by atoms with Crippen molar-refractivity contribution in [1.29, 1.82) is 0 Å². The Labute approximate surface area is 122 Å². The first-order valence-corrected chi connectivity index (χ1v) is 7.15. The zero-order valence-corrected chi connectivity index (χ0v) is 13.2. The first-order valence-electron chi connectivity index (χ1n) is 6.74. The molecule has 0 heterocycles. The van der Waals surface area contributed by atoms with Crippen molar-refractivity contribution >= 4 is 17.2 Å². The molecule has 0 aliphatic heterocycles. The van der Waals surface area contributed by atoms with Gasteiger partial charge in [0.25, 0.3) is 0 Å². The van der Waals surface area contributed by atoms with E-state index in [9.17, 15) is 5.11 Å². The maximum Gasteiger partial charge on any atom is 0.0757 e. The molecule has 0 bridgehead atoms. The van der Waals surface area contributed by atoms with Crippen LogP contribution in [0.3, 0.4) is 0 Å². The molecule has 3 heteroatoms. The smallest absolute Gasteiger partial charge is 0.0757 e. The molecule has 0 spiro atoms. The Kier molecular flexibility index (Phi) is 5.50. The van der Waals surface area contributed by atoms with Gasteiger partial charge in [-0.1, -0.05) is 49.5 Å². The van der Waals surface area contributed by atoms with Gasteiger partial charge in [0.05, 0.1) is 11.6 Å². The molecular weight excluding hydrogens is 254 g/mol. The van der Waals surface area contributed by atoms with Gasteiger partial charge in [0.15, 0.2) is 0 Å². The molecule has 0 aliphatic carbocycles. The van der Waals surface area contributed by atoms with Crippen LogP contribution in [-0.4, -0.2) is 22.2 Å². The lowest BCUT2D eigenvalue weighted by Gasteiger charge is -2.29. The van der Waals surface area contributed by atoms with Crippen molar-refractivity contribution in [1.82, 2.24) is 5.32 Å². The predicted octanol–water partition coefficient (Wildman–Crippen LogP) is 3.43. The second kappa shape index (κ2) is 6.49. The Morgan fingerprint density at radius 3 is 2.21 bits per heavy atom. The largest absolute Gasteiger partial charge is 0.395 e. The highest BCUT2D eigenvalue weighted by atomic mass is 32.1. The number of thiocarbonyl (C=S) groups is 1. The van der Waals surface area contributed by atoms with Crippen LogP contribution in [0.5, 0.6) is 0 Å². The molecule has 0 amide bonds. The molecule has 1 atom stereocenters. The third-order valence-corrected chi connectivity index (χ3v) is 3.54. The number of benzene rings is 1. The van der Waals surface area contributed by atoms with Crippen molar-refractivity contribution in [2.45, 2.75) is 51.5 Å². The minimum atomic E-state index is -0.231. The lowest BCUT2D eigenvalue weighted by molar-refractivity contribution is 0.198. The highest BCUT2D eigenvalue weighted by molar-refractivity contribution is 7.80. The molecule has 1 rings (SSSR count). The van der Waals surface area contributed by atoms with Gasteiger partial charge in [-0.05, 0) is 39.2 Å². The third kappa shape index (κ3) is 5.29. The number of nitrogens with one attached hydrogen (secondary N) is 1. The number of aliphatic hydroxyl groups is 1. The summed E-state index contributed by atoms with van der Waals surface area (Å²) in [7, 11) is 0. The molecule has 0 saturated carbocycles. The standard InChI is InChI=1S/C16H25NOS/c1-15(2,3)17-14(19)10-11-16(4,12-18)13-8-6-5-7-9-13/h5-9,18H,10-12H2,1-4H3,(H,17,19). The van der Waals surface area contributed by atoms with E-state index in [0.29, 0.717) is 0 Å². The molecule has 1 unspecified atom stereocenters. The number of aliphatic hydroxyl groups excluding tert-OH is 1. The Balaban J connectivity index is 2.65. The van der Waals surface area contributed by atoms with Crippen molar-refractivity contribution in [3.63, 3.8) is 0 Å². The first kappa shape index (κ1) is 16.1. The molecule has 1 aromatic carbocycles. The van der Waals surface area contributed by atoms with E-state index >= 15 is 0 Å². The van der Waals surface area contributed by atoms with Crippen molar-refractivity contribution in [2.75, 3.05) is 6.61 Å². The Morgan fingerprint density at radius 1 is 1.16 bits per heavy atom. The Morgan fingerprint density at radius 2 is 1.74 bits per heavy atom. The zero-order valence-electron chi connectivity index (χ0n) is 12.4. The van der Waals surface area contributed by atoms with E-state index in [-0.39, 0.29) is 17.6 Å². The lowest BCUT2D eigenvalue weighted by Crippen LogP contribution is -2.40. The molecule has 0 aliphatic rings. The van der Waals surface area contributed by atoms with E-state index < -0.39 is 0 Å². The van der Waals surface area contributed by atoms with Gasteiger partial charge < -0.3 is 10.4 Å². The molecule has 2 N–H and O–H groups in total. The van der Waals surface area contributed by atoms with Crippen LogP contribution in [0.25, 0.3) is 0 Å². The maximum atomic E-state index is 9.72. The van der Waals surface area contributed by atoms with Gasteiger partial charge in [0.2, 0.25) is 0 Å². The van der Waals surface area contributed by atoms with Crippen LogP contribution in [0.4, 0.5) is 0 Å². The van der Waals surface area contributed by atoms with Gasteiger partial charge in [0.1, 0.15) is 0 Å². The third-order valence-electron chi connectivity index (χ3n) is 3.24. The number of rotatable bonds is 5. The minimum absolute atomic E-state index is 0.000549. The van der Waals surface area contributed by atoms with Crippen molar-refractivity contribution < 1.29 is 5.11 Å². The lowest BCUT2D eigenvalue weighted by atomic mass is 9.79. The number of hydrogen-bond acceptors (Lipinski definition) is 2. The predicted molar refractivity (Wildman–Crippen MR) is 85.6 cm³/mol. The van der Waals surface area contributed by atoms with Gasteiger partial charge in [-0.25, -0.2) is 0 Å². The second-order valence-corrected chi connectivity index (χ2v) is 6.88. The summed E-state index contributed by atoms with van der Waals surface area (Å²) in [5, 5.41) is 13.0. The van der Waals surface area contributed by atoms with Crippen molar-refractivity contribution in [2.24, 2.45) is 0 Å². The monoisotopic (exact) mass is 279 g/mol. The summed E-state index contributed by atoms with van der Waals surface area (Å²) in [6, 6.07) is 10.1. The van der Waals surface area contributed by atoms with Crippen LogP contribution in [-0.2, 0) is 5.41 Å². The van der Waals surface area contributed by atoms with E-state index in [1.165, 1.54) is 0 Å². The van der Waals surface area contributed by atoms with E-state index in [1.807, 2.05) is 18.2 Å². The molecule has 0 radical (unpaired) electrons. The van der Waals surface area contributed by atoms with Crippen molar-refractivity contribution in [3.8, 4) is 0 Å². The molecular formula is C16H25NOS. The summed E-state index contributed by atoms with van der Waals surface area (Å²) in [6.07, 6.45) is 1.63. The van der Waals surface area contributed by atoms with E-state index in [1.54, 1.807) is 0 Å². The zero-order chi connectivity index (χ0) is 14.5. The maximum absolute atomic E-state index is 9.72. The molecule has 2 nitrogen and oxygen atoms in total. The van der Waals surface area contributed by atoms with Crippen LogP contribution in [0, 0.1) is 0 Å². The average Bonchev–Trinajstić information content (AvgIpc) is 2.35. The van der Waals surface area contributed by atoms with Gasteiger partial charge in [0, 0.05) is 11.0 Å². The van der Waals surface area contributed by atoms with Crippen LogP contribution in [0.15, 0.2) is 30.3 Å². The van der Waals surface area contributed by atoms with Crippen LogP contribution in [0.1, 0.15) is 46.1 Å². The van der Waals surface area contributed by atoms with E-state index in [4.69, 9.17) is 12.2 Å². The topological polar surface area (TPSA) is 32.3 Å². The fraction of sp³-hybridized carbons (Fsp3) is 0.562. The van der Waals surface area contributed by atoms with Gasteiger partial charge in [-0.3, -0.25) is 0 Å². The highest BCUT2D eigenvalue weighted by Crippen LogP contribution is 2.28. The SMILES string of the molecule is CC(C)(C)NC(=S)CCC(C)(CO)c1ccccc1. The molecule has 0 fully saturated rings. The van der Waals surface area contributed by atoms with Gasteiger partial charge in [-0.15, -0.1) is 0 Å². The highest BCUT2D eigenvalue weighted by Gasteiger charge is 2.26. The Hall–Kier alpha value is -0.930. The molecule has 0 aromatic heterocycles. The average molecular weight is 279 g/mol. The normalized spacial score (nSPS) is 14.8. The summed E-state index contributed by atoms with van der Waals surface area (Å²) in [4.78, 5) is 0.864. The summed E-state index contributed by atoms with van der Waals surface area (Å²) >= 11 is 5.38. The quantitative estimate of drug-likeness (QED) is 0.810. The minimum Gasteiger partial charge on any atom is -0.395 e. The number of hydrogen-bond donors (Lipinski definition) is 2. The Bertz CT molecular complexity index is 411. The fourth-order valence-electron chi connectivity index (χ4n) is 2.03. The summed E-state index contributed by atoms with van der Waals surface area (Å²) in [5.41, 5.74) is 0.931. The van der Waals surface area contributed by atoms with Crippen LogP contribution >= 0.6 is 12.2 Å². The van der Waals surface area contributed by atoms with Crippen molar-refractivity contribution in [3.05, 3.63) is 35.9 Å². The molecule has 0 saturated heterocycles. The molecule has 106 valence electrons. The van der Waals surface area contributed by atoms with Gasteiger partial charge >= 0.3 is 0 Å². The van der Waals surface area contributed by atoms with E-state index in [2.05, 4.69) is 45.1 Å².